The zero-order chi connectivity index (χ0) is 14.3. The summed E-state index contributed by atoms with van der Waals surface area (Å²) in [6.45, 7) is 7.98. The monoisotopic (exact) mass is 268 g/mol. The number of rotatable bonds is 4. The Morgan fingerprint density at radius 2 is 1.84 bits per heavy atom. The van der Waals surface area contributed by atoms with Gasteiger partial charge in [0.2, 0.25) is 11.8 Å². The number of imide groups is 1. The average Bonchev–Trinajstić information content (AvgIpc) is 2.36. The van der Waals surface area contributed by atoms with Crippen LogP contribution in [0.15, 0.2) is 12.7 Å². The van der Waals surface area contributed by atoms with Crippen molar-refractivity contribution in [2.75, 3.05) is 39.3 Å². The van der Waals surface area contributed by atoms with E-state index in [4.69, 9.17) is 0 Å². The molecule has 0 radical (unpaired) electrons. The van der Waals surface area contributed by atoms with Gasteiger partial charge in [0.1, 0.15) is 0 Å². The normalized spacial score (nSPS) is 15.7. The summed E-state index contributed by atoms with van der Waals surface area (Å²) in [6.07, 6.45) is 1.53. The van der Waals surface area contributed by atoms with E-state index >= 15 is 0 Å². The third kappa shape index (κ3) is 5.52. The Bertz CT molecular complexity index is 362. The van der Waals surface area contributed by atoms with Crippen molar-refractivity contribution < 1.29 is 14.4 Å². The van der Waals surface area contributed by atoms with E-state index in [9.17, 15) is 14.4 Å². The molecule has 2 N–H and O–H groups in total. The molecular formula is C12H20N4O3. The van der Waals surface area contributed by atoms with Gasteiger partial charge in [0.15, 0.2) is 0 Å². The zero-order valence-electron chi connectivity index (χ0n) is 11.1. The fraction of sp³-hybridized carbons (Fsp3) is 0.583. The highest BCUT2D eigenvalue weighted by atomic mass is 16.2. The van der Waals surface area contributed by atoms with Crippen LogP contribution in [0.4, 0.5) is 4.79 Å². The van der Waals surface area contributed by atoms with Crippen molar-refractivity contribution in [1.82, 2.24) is 20.4 Å². The smallest absolute Gasteiger partial charge is 0.321 e. The Morgan fingerprint density at radius 1 is 1.21 bits per heavy atom. The van der Waals surface area contributed by atoms with Crippen molar-refractivity contribution in [1.29, 1.82) is 0 Å². The number of carbonyl (C=O) groups excluding carboxylic acids is 3. The minimum atomic E-state index is -0.521. The van der Waals surface area contributed by atoms with Crippen LogP contribution in [0.2, 0.25) is 0 Å². The number of piperazine rings is 1. The molecular weight excluding hydrogens is 248 g/mol. The molecule has 19 heavy (non-hydrogen) atoms. The second-order valence-corrected chi connectivity index (χ2v) is 4.33. The molecule has 1 aliphatic heterocycles. The second kappa shape index (κ2) is 7.52. The van der Waals surface area contributed by atoms with Crippen LogP contribution in [0.25, 0.3) is 0 Å². The third-order valence-corrected chi connectivity index (χ3v) is 2.84. The molecule has 0 unspecified atom stereocenters. The minimum absolute atomic E-state index is 0.0490. The number of hydrogen-bond acceptors (Lipinski definition) is 4. The van der Waals surface area contributed by atoms with E-state index in [-0.39, 0.29) is 18.4 Å². The van der Waals surface area contributed by atoms with Crippen molar-refractivity contribution in [3.05, 3.63) is 12.7 Å². The van der Waals surface area contributed by atoms with Crippen LogP contribution in [0, 0.1) is 0 Å². The van der Waals surface area contributed by atoms with Gasteiger partial charge in [0.25, 0.3) is 0 Å². The molecule has 0 bridgehead atoms. The highest BCUT2D eigenvalue weighted by Crippen LogP contribution is 2.01. The lowest BCUT2D eigenvalue weighted by Gasteiger charge is -2.33. The highest BCUT2D eigenvalue weighted by Gasteiger charge is 2.20. The van der Waals surface area contributed by atoms with Crippen molar-refractivity contribution in [3.8, 4) is 0 Å². The van der Waals surface area contributed by atoms with Crippen LogP contribution in [-0.2, 0) is 9.59 Å². The van der Waals surface area contributed by atoms with E-state index in [1.165, 1.54) is 13.0 Å². The fourth-order valence-corrected chi connectivity index (χ4v) is 1.80. The number of urea groups is 1. The third-order valence-electron chi connectivity index (χ3n) is 2.84. The van der Waals surface area contributed by atoms with Gasteiger partial charge in [-0.25, -0.2) is 4.79 Å². The van der Waals surface area contributed by atoms with Gasteiger partial charge < -0.3 is 10.2 Å². The zero-order valence-corrected chi connectivity index (χ0v) is 11.1. The molecule has 1 fully saturated rings. The lowest BCUT2D eigenvalue weighted by Crippen LogP contribution is -2.51. The molecule has 7 nitrogen and oxygen atoms in total. The first kappa shape index (κ1) is 15.2. The fourth-order valence-electron chi connectivity index (χ4n) is 1.80. The Kier molecular flexibility index (Phi) is 6.01. The molecule has 1 aliphatic rings. The Hall–Kier alpha value is -1.89. The molecule has 0 spiro atoms. The lowest BCUT2D eigenvalue weighted by atomic mass is 10.3. The van der Waals surface area contributed by atoms with Crippen molar-refractivity contribution >= 4 is 17.8 Å². The summed E-state index contributed by atoms with van der Waals surface area (Å²) in [5.74, 6) is -0.300. The summed E-state index contributed by atoms with van der Waals surface area (Å²) < 4.78 is 0. The maximum atomic E-state index is 11.6. The Balaban J connectivity index is 2.25. The summed E-state index contributed by atoms with van der Waals surface area (Å²) in [7, 11) is 0. The number of amides is 4. The average molecular weight is 268 g/mol. The van der Waals surface area contributed by atoms with Gasteiger partial charge in [-0.15, -0.1) is 6.58 Å². The molecule has 1 rings (SSSR count). The van der Waals surface area contributed by atoms with Crippen LogP contribution in [0.5, 0.6) is 0 Å². The minimum Gasteiger partial charge on any atom is -0.340 e. The standard InChI is InChI=1S/C12H20N4O3/c1-3-4-13-12(19)14-11(18)9-15-5-7-16(8-6-15)10(2)17/h3H,1,4-9H2,2H3,(H2,13,14,18,19). The Labute approximate surface area is 112 Å². The largest absolute Gasteiger partial charge is 0.340 e. The SMILES string of the molecule is C=CCNC(=O)NC(=O)CN1CCN(C(C)=O)CC1. The maximum absolute atomic E-state index is 11.6. The molecule has 106 valence electrons. The number of nitrogens with one attached hydrogen (secondary N) is 2. The molecule has 0 aliphatic carbocycles. The van der Waals surface area contributed by atoms with Crippen LogP contribution in [0.1, 0.15) is 6.92 Å². The molecule has 4 amide bonds. The van der Waals surface area contributed by atoms with Crippen molar-refractivity contribution in [2.45, 2.75) is 6.92 Å². The first-order valence-electron chi connectivity index (χ1n) is 6.19. The predicted octanol–water partition coefficient (Wildman–Crippen LogP) is -0.838. The van der Waals surface area contributed by atoms with Gasteiger partial charge in [0, 0.05) is 39.6 Å². The van der Waals surface area contributed by atoms with E-state index in [1.807, 2.05) is 4.90 Å². The quantitative estimate of drug-likeness (QED) is 0.652. The van der Waals surface area contributed by atoms with Crippen LogP contribution in [-0.4, -0.2) is 66.9 Å². The van der Waals surface area contributed by atoms with Gasteiger partial charge in [-0.2, -0.15) is 0 Å². The van der Waals surface area contributed by atoms with Crippen LogP contribution >= 0.6 is 0 Å². The van der Waals surface area contributed by atoms with Gasteiger partial charge in [-0.3, -0.25) is 19.8 Å². The Morgan fingerprint density at radius 3 is 2.37 bits per heavy atom. The topological polar surface area (TPSA) is 81.8 Å². The van der Waals surface area contributed by atoms with E-state index in [2.05, 4.69) is 17.2 Å². The summed E-state index contributed by atoms with van der Waals surface area (Å²) >= 11 is 0. The molecule has 0 saturated carbocycles. The van der Waals surface area contributed by atoms with Crippen LogP contribution in [0.3, 0.4) is 0 Å². The number of hydrogen-bond donors (Lipinski definition) is 2. The van der Waals surface area contributed by atoms with Gasteiger partial charge in [-0.1, -0.05) is 6.08 Å². The van der Waals surface area contributed by atoms with Crippen molar-refractivity contribution in [3.63, 3.8) is 0 Å². The van der Waals surface area contributed by atoms with Gasteiger partial charge in [0.05, 0.1) is 6.54 Å². The lowest BCUT2D eigenvalue weighted by molar-refractivity contribution is -0.130. The van der Waals surface area contributed by atoms with E-state index in [1.54, 1.807) is 4.90 Å². The van der Waals surface area contributed by atoms with E-state index in [0.717, 1.165) is 0 Å². The predicted molar refractivity (Wildman–Crippen MR) is 70.4 cm³/mol. The first-order chi connectivity index (χ1) is 9.02. The first-order valence-corrected chi connectivity index (χ1v) is 6.19. The summed E-state index contributed by atoms with van der Waals surface area (Å²) in [5.41, 5.74) is 0. The van der Waals surface area contributed by atoms with Crippen molar-refractivity contribution in [2.24, 2.45) is 0 Å². The van der Waals surface area contributed by atoms with Gasteiger partial charge in [-0.05, 0) is 0 Å². The number of carbonyl (C=O) groups is 3. The number of nitrogens with zero attached hydrogens (tertiary/aromatic N) is 2. The molecule has 1 heterocycles. The second-order valence-electron chi connectivity index (χ2n) is 4.33. The molecule has 0 aromatic heterocycles. The van der Waals surface area contributed by atoms with E-state index in [0.29, 0.717) is 32.7 Å². The molecule has 0 aromatic carbocycles. The van der Waals surface area contributed by atoms with Gasteiger partial charge >= 0.3 is 6.03 Å². The summed E-state index contributed by atoms with van der Waals surface area (Å²) in [5, 5.41) is 4.70. The van der Waals surface area contributed by atoms with E-state index < -0.39 is 6.03 Å². The molecule has 0 aromatic rings. The van der Waals surface area contributed by atoms with Crippen LogP contribution < -0.4 is 10.6 Å². The molecule has 0 atom stereocenters. The summed E-state index contributed by atoms with van der Waals surface area (Å²) in [4.78, 5) is 37.6. The molecule has 1 saturated heterocycles. The maximum Gasteiger partial charge on any atom is 0.321 e. The highest BCUT2D eigenvalue weighted by molar-refractivity contribution is 5.95. The molecule has 7 heteroatoms. The summed E-state index contributed by atoms with van der Waals surface area (Å²) in [6, 6.07) is -0.521.